The van der Waals surface area contributed by atoms with Gasteiger partial charge in [0, 0.05) is 21.1 Å². The van der Waals surface area contributed by atoms with Crippen molar-refractivity contribution in [1.82, 2.24) is 0 Å². The number of benzene rings is 2. The molecule has 0 amide bonds. The highest BCUT2D eigenvalue weighted by molar-refractivity contribution is 14.1. The summed E-state index contributed by atoms with van der Waals surface area (Å²) in [5, 5.41) is 0. The zero-order valence-electron chi connectivity index (χ0n) is 10.7. The van der Waals surface area contributed by atoms with Crippen molar-refractivity contribution in [2.45, 2.75) is 6.92 Å². The Morgan fingerprint density at radius 3 is 2.10 bits per heavy atom. The van der Waals surface area contributed by atoms with Crippen LogP contribution < -0.4 is 0 Å². The lowest BCUT2D eigenvalue weighted by atomic mass is 10.1. The van der Waals surface area contributed by atoms with E-state index < -0.39 is 0 Å². The third-order valence-corrected chi connectivity index (χ3v) is 5.56. The molecule has 102 valence electrons. The molecule has 0 saturated heterocycles. The first-order chi connectivity index (χ1) is 9.47. The van der Waals surface area contributed by atoms with Gasteiger partial charge in [-0.2, -0.15) is 0 Å². The lowest BCUT2D eigenvalue weighted by Crippen LogP contribution is -1.93. The van der Waals surface area contributed by atoms with Crippen molar-refractivity contribution in [3.63, 3.8) is 0 Å². The van der Waals surface area contributed by atoms with Crippen LogP contribution in [0.2, 0.25) is 0 Å². The Kier molecular flexibility index (Phi) is 6.43. The van der Waals surface area contributed by atoms with Gasteiger partial charge in [0.25, 0.3) is 0 Å². The topological polar surface area (TPSA) is 0 Å². The molecule has 0 atom stereocenters. The van der Waals surface area contributed by atoms with E-state index in [0.717, 1.165) is 10.4 Å². The molecular formula is C16H11I3S. The lowest BCUT2D eigenvalue weighted by molar-refractivity contribution is 1.47. The second-order valence-electron chi connectivity index (χ2n) is 4.35. The molecule has 2 aromatic rings. The summed E-state index contributed by atoms with van der Waals surface area (Å²) in [5.74, 6) is 0. The number of thiocarbonyl (C=S) groups is 1. The fourth-order valence-electron chi connectivity index (χ4n) is 1.69. The van der Waals surface area contributed by atoms with Gasteiger partial charge in [-0.25, -0.2) is 0 Å². The number of hydrogen-bond acceptors (Lipinski definition) is 1. The first-order valence-corrected chi connectivity index (χ1v) is 9.55. The SMILES string of the molecule is Cc1ccc(C(=S)C=Cc2c(I)cc(I)cc2I)cc1. The van der Waals surface area contributed by atoms with Crippen molar-refractivity contribution in [2.24, 2.45) is 0 Å². The molecular weight excluding hydrogens is 605 g/mol. The summed E-state index contributed by atoms with van der Waals surface area (Å²) in [6.07, 6.45) is 4.13. The van der Waals surface area contributed by atoms with E-state index in [9.17, 15) is 0 Å². The molecule has 0 heterocycles. The minimum atomic E-state index is 0.871. The Morgan fingerprint density at radius 1 is 1.00 bits per heavy atom. The second kappa shape index (κ2) is 7.64. The molecule has 0 aromatic heterocycles. The molecule has 0 spiro atoms. The Bertz CT molecular complexity index is 650. The van der Waals surface area contributed by atoms with E-state index in [-0.39, 0.29) is 0 Å². The van der Waals surface area contributed by atoms with Crippen molar-refractivity contribution >= 4 is 90.9 Å². The van der Waals surface area contributed by atoms with E-state index in [1.54, 1.807) is 0 Å². The van der Waals surface area contributed by atoms with Gasteiger partial charge in [-0.3, -0.25) is 0 Å². The Hall–Kier alpha value is 0.460. The summed E-state index contributed by atoms with van der Waals surface area (Å²) in [7, 11) is 0. The molecule has 0 nitrogen and oxygen atoms in total. The molecule has 2 aromatic carbocycles. The molecule has 0 unspecified atom stereocenters. The molecule has 0 bridgehead atoms. The van der Waals surface area contributed by atoms with E-state index in [1.807, 2.05) is 6.08 Å². The van der Waals surface area contributed by atoms with Gasteiger partial charge in [0.2, 0.25) is 0 Å². The molecule has 20 heavy (non-hydrogen) atoms. The fraction of sp³-hybridized carbons (Fsp3) is 0.0625. The van der Waals surface area contributed by atoms with Gasteiger partial charge in [-0.05, 0) is 98.5 Å². The third kappa shape index (κ3) is 4.48. The predicted octanol–water partition coefficient (Wildman–Crippen LogP) is 6.24. The van der Waals surface area contributed by atoms with Gasteiger partial charge in [0.15, 0.2) is 0 Å². The van der Waals surface area contributed by atoms with Crippen LogP contribution in [0.3, 0.4) is 0 Å². The van der Waals surface area contributed by atoms with Crippen molar-refractivity contribution in [3.8, 4) is 0 Å². The maximum atomic E-state index is 5.48. The van der Waals surface area contributed by atoms with Crippen molar-refractivity contribution in [2.75, 3.05) is 0 Å². The number of halogens is 3. The number of allylic oxidation sites excluding steroid dienone is 1. The van der Waals surface area contributed by atoms with Crippen LogP contribution in [0.4, 0.5) is 0 Å². The van der Waals surface area contributed by atoms with E-state index in [1.165, 1.54) is 21.8 Å². The van der Waals surface area contributed by atoms with Crippen LogP contribution in [-0.2, 0) is 0 Å². The molecule has 0 radical (unpaired) electrons. The average molecular weight is 616 g/mol. The van der Waals surface area contributed by atoms with Crippen LogP contribution in [0.1, 0.15) is 16.7 Å². The maximum absolute atomic E-state index is 5.48. The van der Waals surface area contributed by atoms with Gasteiger partial charge in [-0.1, -0.05) is 48.1 Å². The van der Waals surface area contributed by atoms with Crippen LogP contribution in [0.15, 0.2) is 42.5 Å². The van der Waals surface area contributed by atoms with Gasteiger partial charge < -0.3 is 0 Å². The van der Waals surface area contributed by atoms with E-state index in [2.05, 4.69) is 117 Å². The smallest absolute Gasteiger partial charge is 0.0449 e. The van der Waals surface area contributed by atoms with E-state index in [0.29, 0.717) is 0 Å². The van der Waals surface area contributed by atoms with Gasteiger partial charge in [0.1, 0.15) is 0 Å². The predicted molar refractivity (Wildman–Crippen MR) is 117 cm³/mol. The highest BCUT2D eigenvalue weighted by atomic mass is 127. The Morgan fingerprint density at radius 2 is 1.55 bits per heavy atom. The largest absolute Gasteiger partial charge is 0.0795 e. The monoisotopic (exact) mass is 616 g/mol. The first kappa shape index (κ1) is 16.8. The highest BCUT2D eigenvalue weighted by Crippen LogP contribution is 2.24. The molecule has 0 fully saturated rings. The standard InChI is InChI=1S/C16H11I3S/c1-10-2-4-11(5-3-10)16(20)7-6-13-14(18)8-12(17)9-15(13)19/h2-9H,1H3. The van der Waals surface area contributed by atoms with Crippen LogP contribution in [0.25, 0.3) is 6.08 Å². The molecule has 0 aliphatic carbocycles. The van der Waals surface area contributed by atoms with Crippen LogP contribution >= 0.6 is 80.0 Å². The lowest BCUT2D eigenvalue weighted by Gasteiger charge is -2.04. The zero-order chi connectivity index (χ0) is 14.7. The third-order valence-electron chi connectivity index (χ3n) is 2.78. The van der Waals surface area contributed by atoms with Crippen LogP contribution in [0.5, 0.6) is 0 Å². The van der Waals surface area contributed by atoms with E-state index >= 15 is 0 Å². The normalized spacial score (nSPS) is 11.0. The molecule has 0 saturated carbocycles. The number of hydrogen-bond donors (Lipinski definition) is 0. The maximum Gasteiger partial charge on any atom is 0.0449 e. The minimum Gasteiger partial charge on any atom is -0.0795 e. The Balaban J connectivity index is 2.25. The van der Waals surface area contributed by atoms with Crippen molar-refractivity contribution < 1.29 is 0 Å². The van der Waals surface area contributed by atoms with Gasteiger partial charge in [0.05, 0.1) is 0 Å². The average Bonchev–Trinajstić information content (AvgIpc) is 2.38. The molecule has 0 N–H and O–H groups in total. The molecule has 4 heteroatoms. The number of rotatable bonds is 3. The molecule has 0 aliphatic rings. The second-order valence-corrected chi connectivity index (χ2v) is 8.36. The zero-order valence-corrected chi connectivity index (χ0v) is 17.9. The van der Waals surface area contributed by atoms with Crippen LogP contribution in [0, 0.1) is 17.6 Å². The van der Waals surface area contributed by atoms with E-state index in [4.69, 9.17) is 12.2 Å². The van der Waals surface area contributed by atoms with Gasteiger partial charge in [-0.15, -0.1) is 0 Å². The minimum absolute atomic E-state index is 0.871. The summed E-state index contributed by atoms with van der Waals surface area (Å²) in [6, 6.07) is 12.7. The summed E-state index contributed by atoms with van der Waals surface area (Å²) in [5.41, 5.74) is 3.58. The Labute approximate surface area is 165 Å². The number of aryl methyl sites for hydroxylation is 1. The quantitative estimate of drug-likeness (QED) is 0.171. The first-order valence-electron chi connectivity index (χ1n) is 5.91. The summed E-state index contributed by atoms with van der Waals surface area (Å²) >= 11 is 12.6. The van der Waals surface area contributed by atoms with Gasteiger partial charge >= 0.3 is 0 Å². The fourth-order valence-corrected chi connectivity index (χ4v) is 5.83. The summed E-state index contributed by atoms with van der Waals surface area (Å²) < 4.78 is 3.76. The summed E-state index contributed by atoms with van der Waals surface area (Å²) in [6.45, 7) is 2.08. The summed E-state index contributed by atoms with van der Waals surface area (Å²) in [4.78, 5) is 0.871. The van der Waals surface area contributed by atoms with Crippen LogP contribution in [-0.4, -0.2) is 4.86 Å². The molecule has 0 aliphatic heterocycles. The highest BCUT2D eigenvalue weighted by Gasteiger charge is 2.04. The van der Waals surface area contributed by atoms with Crippen molar-refractivity contribution in [3.05, 3.63) is 69.9 Å². The molecule has 2 rings (SSSR count). The van der Waals surface area contributed by atoms with Crippen molar-refractivity contribution in [1.29, 1.82) is 0 Å².